The smallest absolute Gasteiger partial charge is 0.125 e. The number of nitrogens with two attached hydrogens (primary N) is 1. The topological polar surface area (TPSA) is 49.8 Å². The highest BCUT2D eigenvalue weighted by Crippen LogP contribution is 2.25. The average Bonchev–Trinajstić information content (AvgIpc) is 2.00. The highest BCUT2D eigenvalue weighted by atomic mass is 79.9. The second-order valence-electron chi connectivity index (χ2n) is 2.30. The first-order valence-electron chi connectivity index (χ1n) is 3.25. The van der Waals surface area contributed by atoms with E-state index in [1.165, 1.54) is 12.1 Å². The van der Waals surface area contributed by atoms with Crippen molar-refractivity contribution in [2.45, 2.75) is 6.42 Å². The van der Waals surface area contributed by atoms with E-state index in [9.17, 15) is 4.39 Å². The number of hydrogen-bond acceptors (Lipinski definition) is 2. The fourth-order valence-electron chi connectivity index (χ4n) is 0.883. The van der Waals surface area contributed by atoms with Gasteiger partial charge in [-0.3, -0.25) is 0 Å². The van der Waals surface area contributed by atoms with Crippen LogP contribution in [-0.4, -0.2) is 0 Å². The molecular weight excluding hydrogens is 223 g/mol. The molecule has 2 N–H and O–H groups in total. The molecule has 0 unspecified atom stereocenters. The van der Waals surface area contributed by atoms with E-state index in [0.29, 0.717) is 15.7 Å². The lowest BCUT2D eigenvalue weighted by atomic mass is 10.1. The van der Waals surface area contributed by atoms with Crippen LogP contribution in [0, 0.1) is 17.1 Å². The van der Waals surface area contributed by atoms with Gasteiger partial charge in [0.25, 0.3) is 0 Å². The zero-order valence-corrected chi connectivity index (χ0v) is 7.73. The van der Waals surface area contributed by atoms with E-state index in [4.69, 9.17) is 11.0 Å². The molecular formula is C8H6BrFN2. The maximum atomic E-state index is 12.7. The van der Waals surface area contributed by atoms with Gasteiger partial charge < -0.3 is 5.73 Å². The summed E-state index contributed by atoms with van der Waals surface area (Å²) >= 11 is 3.17. The van der Waals surface area contributed by atoms with Crippen LogP contribution in [0.5, 0.6) is 0 Å². The molecule has 0 radical (unpaired) electrons. The van der Waals surface area contributed by atoms with E-state index in [0.717, 1.165) is 0 Å². The number of nitrogens with zero attached hydrogens (tertiary/aromatic N) is 1. The van der Waals surface area contributed by atoms with Gasteiger partial charge in [0.05, 0.1) is 12.5 Å². The second-order valence-corrected chi connectivity index (χ2v) is 3.10. The van der Waals surface area contributed by atoms with Gasteiger partial charge in [-0.05, 0) is 33.6 Å². The van der Waals surface area contributed by atoms with Crippen molar-refractivity contribution in [2.24, 2.45) is 0 Å². The van der Waals surface area contributed by atoms with Crippen LogP contribution >= 0.6 is 15.9 Å². The Morgan fingerprint density at radius 2 is 2.25 bits per heavy atom. The van der Waals surface area contributed by atoms with Crippen molar-refractivity contribution >= 4 is 21.6 Å². The maximum Gasteiger partial charge on any atom is 0.125 e. The van der Waals surface area contributed by atoms with E-state index < -0.39 is 5.82 Å². The predicted molar refractivity (Wildman–Crippen MR) is 47.8 cm³/mol. The number of anilines is 1. The van der Waals surface area contributed by atoms with Gasteiger partial charge in [0.1, 0.15) is 5.82 Å². The third-order valence-corrected chi connectivity index (χ3v) is 2.38. The normalized spacial score (nSPS) is 9.42. The summed E-state index contributed by atoms with van der Waals surface area (Å²) in [5.41, 5.74) is 6.35. The molecule has 0 aliphatic heterocycles. The number of benzene rings is 1. The van der Waals surface area contributed by atoms with Crippen molar-refractivity contribution in [3.63, 3.8) is 0 Å². The SMILES string of the molecule is N#CCc1cc(F)cc(N)c1Br. The fourth-order valence-corrected chi connectivity index (χ4v) is 1.25. The first-order valence-corrected chi connectivity index (χ1v) is 4.05. The van der Waals surface area contributed by atoms with E-state index >= 15 is 0 Å². The molecule has 0 saturated heterocycles. The summed E-state index contributed by atoms with van der Waals surface area (Å²) in [4.78, 5) is 0. The lowest BCUT2D eigenvalue weighted by molar-refractivity contribution is 0.626. The molecule has 1 aromatic carbocycles. The lowest BCUT2D eigenvalue weighted by Crippen LogP contribution is -1.93. The third kappa shape index (κ3) is 1.74. The summed E-state index contributed by atoms with van der Waals surface area (Å²) in [6.45, 7) is 0. The lowest BCUT2D eigenvalue weighted by Gasteiger charge is -2.03. The van der Waals surface area contributed by atoms with Gasteiger partial charge in [-0.1, -0.05) is 0 Å². The highest BCUT2D eigenvalue weighted by Gasteiger charge is 2.05. The molecule has 0 atom stereocenters. The molecule has 0 saturated carbocycles. The minimum atomic E-state index is -0.416. The molecule has 0 aliphatic rings. The maximum absolute atomic E-state index is 12.7. The summed E-state index contributed by atoms with van der Waals surface area (Å²) < 4.78 is 13.3. The Bertz CT molecular complexity index is 344. The van der Waals surface area contributed by atoms with Crippen LogP contribution in [-0.2, 0) is 6.42 Å². The summed E-state index contributed by atoms with van der Waals surface area (Å²) in [6, 6.07) is 4.44. The molecule has 1 rings (SSSR count). The Labute approximate surface area is 77.9 Å². The molecule has 0 amide bonds. The zero-order chi connectivity index (χ0) is 9.14. The Morgan fingerprint density at radius 1 is 1.58 bits per heavy atom. The van der Waals surface area contributed by atoms with Crippen LogP contribution in [0.3, 0.4) is 0 Å². The van der Waals surface area contributed by atoms with Gasteiger partial charge in [-0.25, -0.2) is 4.39 Å². The summed E-state index contributed by atoms with van der Waals surface area (Å²) in [7, 11) is 0. The number of nitriles is 1. The minimum absolute atomic E-state index is 0.155. The Morgan fingerprint density at radius 3 is 2.83 bits per heavy atom. The van der Waals surface area contributed by atoms with Crippen LogP contribution < -0.4 is 5.73 Å². The van der Waals surface area contributed by atoms with Crippen molar-refractivity contribution in [3.8, 4) is 6.07 Å². The average molecular weight is 229 g/mol. The predicted octanol–water partition coefficient (Wildman–Crippen LogP) is 2.24. The fraction of sp³-hybridized carbons (Fsp3) is 0.125. The van der Waals surface area contributed by atoms with Gasteiger partial charge in [-0.2, -0.15) is 5.26 Å². The van der Waals surface area contributed by atoms with Gasteiger partial charge in [-0.15, -0.1) is 0 Å². The first-order chi connectivity index (χ1) is 5.65. The van der Waals surface area contributed by atoms with E-state index in [2.05, 4.69) is 15.9 Å². The van der Waals surface area contributed by atoms with Gasteiger partial charge in [0.2, 0.25) is 0 Å². The van der Waals surface area contributed by atoms with E-state index in [1.807, 2.05) is 6.07 Å². The molecule has 0 aromatic heterocycles. The van der Waals surface area contributed by atoms with Crippen molar-refractivity contribution in [3.05, 3.63) is 28.0 Å². The van der Waals surface area contributed by atoms with Crippen molar-refractivity contribution < 1.29 is 4.39 Å². The van der Waals surface area contributed by atoms with Crippen molar-refractivity contribution in [2.75, 3.05) is 5.73 Å². The Balaban J connectivity index is 3.20. The van der Waals surface area contributed by atoms with Crippen LogP contribution in [0.15, 0.2) is 16.6 Å². The number of nitrogen functional groups attached to an aromatic ring is 1. The largest absolute Gasteiger partial charge is 0.398 e. The van der Waals surface area contributed by atoms with E-state index in [-0.39, 0.29) is 6.42 Å². The Hall–Kier alpha value is -1.08. The molecule has 0 aliphatic carbocycles. The second kappa shape index (κ2) is 3.55. The highest BCUT2D eigenvalue weighted by molar-refractivity contribution is 9.10. The molecule has 0 heterocycles. The molecule has 0 fully saturated rings. The monoisotopic (exact) mass is 228 g/mol. The standard InChI is InChI=1S/C8H6BrFN2/c9-8-5(1-2-11)3-6(10)4-7(8)12/h3-4H,1,12H2. The minimum Gasteiger partial charge on any atom is -0.398 e. The molecule has 0 bridgehead atoms. The van der Waals surface area contributed by atoms with Gasteiger partial charge >= 0.3 is 0 Å². The van der Waals surface area contributed by atoms with E-state index in [1.54, 1.807) is 0 Å². The third-order valence-electron chi connectivity index (χ3n) is 1.41. The quantitative estimate of drug-likeness (QED) is 0.750. The molecule has 0 spiro atoms. The van der Waals surface area contributed by atoms with Gasteiger partial charge in [0, 0.05) is 10.2 Å². The van der Waals surface area contributed by atoms with Crippen LogP contribution in [0.2, 0.25) is 0 Å². The number of rotatable bonds is 1. The zero-order valence-electron chi connectivity index (χ0n) is 6.14. The summed E-state index contributed by atoms with van der Waals surface area (Å²) in [6.07, 6.45) is 0.155. The number of halogens is 2. The number of hydrogen-bond donors (Lipinski definition) is 1. The molecule has 2 nitrogen and oxygen atoms in total. The van der Waals surface area contributed by atoms with Crippen LogP contribution in [0.25, 0.3) is 0 Å². The molecule has 1 aromatic rings. The van der Waals surface area contributed by atoms with Crippen molar-refractivity contribution in [1.82, 2.24) is 0 Å². The summed E-state index contributed by atoms with van der Waals surface area (Å²) in [5, 5.41) is 8.39. The van der Waals surface area contributed by atoms with Crippen molar-refractivity contribution in [1.29, 1.82) is 5.26 Å². The van der Waals surface area contributed by atoms with Crippen LogP contribution in [0.4, 0.5) is 10.1 Å². The van der Waals surface area contributed by atoms with Crippen LogP contribution in [0.1, 0.15) is 5.56 Å². The molecule has 62 valence electrons. The van der Waals surface area contributed by atoms with Gasteiger partial charge in [0.15, 0.2) is 0 Å². The molecule has 4 heteroatoms. The summed E-state index contributed by atoms with van der Waals surface area (Å²) in [5.74, 6) is -0.416. The Kier molecular flexibility index (Phi) is 2.66. The first kappa shape index (κ1) is 9.01. The molecule has 12 heavy (non-hydrogen) atoms.